The Morgan fingerprint density at radius 1 is 1.12 bits per heavy atom. The van der Waals surface area contributed by atoms with Gasteiger partial charge in [-0.2, -0.15) is 26.3 Å². The van der Waals surface area contributed by atoms with E-state index in [2.05, 4.69) is 20.3 Å². The van der Waals surface area contributed by atoms with Crippen molar-refractivity contribution >= 4 is 28.9 Å². The Bertz CT molecular complexity index is 1120. The molecule has 0 aliphatic rings. The first-order valence-corrected chi connectivity index (χ1v) is 9.18. The molecule has 3 rings (SSSR count). The molecule has 32 heavy (non-hydrogen) atoms. The summed E-state index contributed by atoms with van der Waals surface area (Å²) in [5.74, 6) is -0.0977. The van der Waals surface area contributed by atoms with Crippen LogP contribution in [0.5, 0.6) is 0 Å². The SMILES string of the molecule is CN(C)CCNc1ncc(C(F)(F)F)c(-c2c[nH]c3c(C(F)(F)F)c(NC=O)ccc23)n1. The summed E-state index contributed by atoms with van der Waals surface area (Å²) < 4.78 is 81.8. The third kappa shape index (κ3) is 4.77. The average Bonchev–Trinajstić information content (AvgIpc) is 3.09. The molecule has 0 unspecified atom stereocenters. The molecule has 0 spiro atoms. The maximum absolute atomic E-state index is 13.7. The van der Waals surface area contributed by atoms with E-state index in [1.807, 2.05) is 10.2 Å². The first-order chi connectivity index (χ1) is 14.9. The molecular weight excluding hydrogens is 442 g/mol. The number of likely N-dealkylation sites (N-methyl/N-ethyl adjacent to an activating group) is 1. The quantitative estimate of drug-likeness (QED) is 0.364. The molecule has 0 atom stereocenters. The van der Waals surface area contributed by atoms with Gasteiger partial charge in [0.1, 0.15) is 11.1 Å². The molecule has 13 heteroatoms. The van der Waals surface area contributed by atoms with Gasteiger partial charge in [-0.3, -0.25) is 4.79 Å². The number of carbonyl (C=O) groups excluding carboxylic acids is 1. The lowest BCUT2D eigenvalue weighted by Crippen LogP contribution is -2.22. The number of hydrogen-bond acceptors (Lipinski definition) is 5. The second-order valence-electron chi connectivity index (χ2n) is 7.06. The van der Waals surface area contributed by atoms with Gasteiger partial charge in [0, 0.05) is 36.4 Å². The highest BCUT2D eigenvalue weighted by Crippen LogP contribution is 2.44. The molecule has 1 amide bonds. The first kappa shape index (κ1) is 23.3. The van der Waals surface area contributed by atoms with Gasteiger partial charge >= 0.3 is 12.4 Å². The van der Waals surface area contributed by atoms with Crippen molar-refractivity contribution in [2.75, 3.05) is 37.8 Å². The predicted molar refractivity (Wildman–Crippen MR) is 106 cm³/mol. The van der Waals surface area contributed by atoms with Crippen LogP contribution in [-0.4, -0.2) is 53.4 Å². The fourth-order valence-corrected chi connectivity index (χ4v) is 3.14. The zero-order valence-corrected chi connectivity index (χ0v) is 16.8. The number of benzene rings is 1. The highest BCUT2D eigenvalue weighted by molar-refractivity contribution is 6.00. The van der Waals surface area contributed by atoms with Crippen molar-refractivity contribution in [1.82, 2.24) is 19.9 Å². The average molecular weight is 460 g/mol. The Balaban J connectivity index is 2.19. The molecule has 2 heterocycles. The normalized spacial score (nSPS) is 12.4. The Hall–Kier alpha value is -3.35. The van der Waals surface area contributed by atoms with Crippen molar-refractivity contribution in [2.24, 2.45) is 0 Å². The van der Waals surface area contributed by atoms with Crippen LogP contribution in [0.2, 0.25) is 0 Å². The lowest BCUT2D eigenvalue weighted by Gasteiger charge is -2.15. The van der Waals surface area contributed by atoms with Gasteiger partial charge in [-0.15, -0.1) is 0 Å². The smallest absolute Gasteiger partial charge is 0.360 e. The molecule has 0 saturated heterocycles. The summed E-state index contributed by atoms with van der Waals surface area (Å²) in [6, 6.07) is 2.16. The Labute approximate surface area is 177 Å². The summed E-state index contributed by atoms with van der Waals surface area (Å²) in [7, 11) is 3.61. The van der Waals surface area contributed by atoms with E-state index >= 15 is 0 Å². The van der Waals surface area contributed by atoms with Crippen molar-refractivity contribution in [3.8, 4) is 11.3 Å². The third-order valence-corrected chi connectivity index (χ3v) is 4.55. The monoisotopic (exact) mass is 460 g/mol. The van der Waals surface area contributed by atoms with E-state index in [4.69, 9.17) is 0 Å². The van der Waals surface area contributed by atoms with Crippen molar-refractivity contribution in [3.63, 3.8) is 0 Å². The Kier molecular flexibility index (Phi) is 6.30. The molecule has 0 aliphatic heterocycles. The number of anilines is 2. The molecule has 172 valence electrons. The van der Waals surface area contributed by atoms with Crippen molar-refractivity contribution < 1.29 is 31.1 Å². The molecule has 2 aromatic heterocycles. The minimum atomic E-state index is -4.88. The number of aromatic amines is 1. The number of aromatic nitrogens is 3. The molecule has 0 fully saturated rings. The zero-order chi connectivity index (χ0) is 23.7. The molecule has 3 aromatic rings. The molecule has 1 aromatic carbocycles. The number of amides is 1. The summed E-state index contributed by atoms with van der Waals surface area (Å²) in [6.07, 6.45) is -8.03. The molecule has 0 bridgehead atoms. The zero-order valence-electron chi connectivity index (χ0n) is 16.8. The molecule has 7 nitrogen and oxygen atoms in total. The van der Waals surface area contributed by atoms with Crippen LogP contribution >= 0.6 is 0 Å². The number of alkyl halides is 6. The summed E-state index contributed by atoms with van der Waals surface area (Å²) >= 11 is 0. The number of carbonyl (C=O) groups is 1. The van der Waals surface area contributed by atoms with E-state index < -0.39 is 40.4 Å². The summed E-state index contributed by atoms with van der Waals surface area (Å²) in [4.78, 5) is 22.6. The van der Waals surface area contributed by atoms with Crippen LogP contribution in [0.15, 0.2) is 24.5 Å². The minimum Gasteiger partial charge on any atom is -0.360 e. The summed E-state index contributed by atoms with van der Waals surface area (Å²) in [6.45, 7) is 0.888. The fraction of sp³-hybridized carbons (Fsp3) is 0.316. The molecule has 0 radical (unpaired) electrons. The predicted octanol–water partition coefficient (Wildman–Crippen LogP) is 4.20. The second-order valence-corrected chi connectivity index (χ2v) is 7.06. The largest absolute Gasteiger partial charge is 0.420 e. The van der Waals surface area contributed by atoms with Gasteiger partial charge in [0.05, 0.1) is 16.9 Å². The highest BCUT2D eigenvalue weighted by atomic mass is 19.4. The maximum Gasteiger partial charge on any atom is 0.420 e. The molecule has 0 aliphatic carbocycles. The number of rotatable bonds is 7. The number of fused-ring (bicyclic) bond motifs is 1. The van der Waals surface area contributed by atoms with Crippen molar-refractivity contribution in [3.05, 3.63) is 35.7 Å². The number of H-pyrrole nitrogens is 1. The first-order valence-electron chi connectivity index (χ1n) is 9.18. The highest BCUT2D eigenvalue weighted by Gasteiger charge is 2.39. The van der Waals surface area contributed by atoms with Gasteiger partial charge in [-0.25, -0.2) is 9.97 Å². The van der Waals surface area contributed by atoms with Crippen LogP contribution in [0.4, 0.5) is 38.0 Å². The van der Waals surface area contributed by atoms with Crippen LogP contribution in [0.1, 0.15) is 11.1 Å². The minimum absolute atomic E-state index is 0.0815. The van der Waals surface area contributed by atoms with E-state index in [9.17, 15) is 31.1 Å². The van der Waals surface area contributed by atoms with Gasteiger partial charge in [0.2, 0.25) is 12.4 Å². The number of nitrogens with one attached hydrogen (secondary N) is 3. The summed E-state index contributed by atoms with van der Waals surface area (Å²) in [5.41, 5.74) is -4.17. The fourth-order valence-electron chi connectivity index (χ4n) is 3.14. The van der Waals surface area contributed by atoms with Gasteiger partial charge < -0.3 is 20.5 Å². The lowest BCUT2D eigenvalue weighted by atomic mass is 10.0. The second kappa shape index (κ2) is 8.65. The summed E-state index contributed by atoms with van der Waals surface area (Å²) in [5, 5.41) is 4.62. The van der Waals surface area contributed by atoms with E-state index in [0.29, 0.717) is 19.3 Å². The van der Waals surface area contributed by atoms with E-state index in [1.165, 1.54) is 6.07 Å². The van der Waals surface area contributed by atoms with Crippen LogP contribution in [0.3, 0.4) is 0 Å². The molecular formula is C19H18F6N6O. The van der Waals surface area contributed by atoms with Crippen LogP contribution in [0.25, 0.3) is 22.2 Å². The Morgan fingerprint density at radius 2 is 1.84 bits per heavy atom. The van der Waals surface area contributed by atoms with Crippen LogP contribution < -0.4 is 10.6 Å². The lowest BCUT2D eigenvalue weighted by molar-refractivity contribution is -0.137. The van der Waals surface area contributed by atoms with E-state index in [-0.39, 0.29) is 23.3 Å². The third-order valence-electron chi connectivity index (χ3n) is 4.55. The molecule has 0 saturated carbocycles. The van der Waals surface area contributed by atoms with Gasteiger partial charge in [-0.1, -0.05) is 6.07 Å². The van der Waals surface area contributed by atoms with Gasteiger partial charge in [-0.05, 0) is 20.2 Å². The van der Waals surface area contributed by atoms with Gasteiger partial charge in [0.15, 0.2) is 0 Å². The van der Waals surface area contributed by atoms with E-state index in [1.54, 1.807) is 14.1 Å². The number of hydrogen-bond donors (Lipinski definition) is 3. The number of halogens is 6. The Morgan fingerprint density at radius 3 is 2.44 bits per heavy atom. The van der Waals surface area contributed by atoms with Gasteiger partial charge in [0.25, 0.3) is 0 Å². The van der Waals surface area contributed by atoms with Crippen molar-refractivity contribution in [1.29, 1.82) is 0 Å². The van der Waals surface area contributed by atoms with Crippen molar-refractivity contribution in [2.45, 2.75) is 12.4 Å². The number of nitrogens with zero attached hydrogens (tertiary/aromatic N) is 3. The molecule has 3 N–H and O–H groups in total. The maximum atomic E-state index is 13.7. The van der Waals surface area contributed by atoms with Crippen LogP contribution in [0, 0.1) is 0 Å². The standard InChI is InChI=1S/C19H18F6N6O/c1-31(2)6-5-26-17-28-8-12(18(20,21)22)15(30-17)11-7-27-16-10(11)3-4-13(29-9-32)14(16)19(23,24)25/h3-4,7-9,27H,5-6H2,1-2H3,(H,29,32)(H,26,28,30). The topological polar surface area (TPSA) is 85.9 Å². The van der Waals surface area contributed by atoms with Crippen LogP contribution in [-0.2, 0) is 17.1 Å². The van der Waals surface area contributed by atoms with E-state index in [0.717, 1.165) is 12.3 Å².